The van der Waals surface area contributed by atoms with Crippen LogP contribution in [-0.2, 0) is 72.8 Å². The first kappa shape index (κ1) is 90.2. The van der Waals surface area contributed by atoms with Gasteiger partial charge in [0, 0.05) is 102 Å². The largest absolute Gasteiger partial charge is 0.444 e. The zero-order chi connectivity index (χ0) is 87.0. The van der Waals surface area contributed by atoms with Gasteiger partial charge in [0.25, 0.3) is 0 Å². The molecule has 16 atom stereocenters. The second-order valence-electron chi connectivity index (χ2n) is 38.2. The Morgan fingerprint density at radius 1 is 0.500 bits per heavy atom. The molecule has 4 aliphatic carbocycles. The number of pyridine rings is 2. The fourth-order valence-corrected chi connectivity index (χ4v) is 22.8. The highest BCUT2D eigenvalue weighted by Gasteiger charge is 2.63. The minimum Gasteiger partial charge on any atom is -0.444 e. The first-order valence-corrected chi connectivity index (χ1v) is 44.2. The molecule has 32 heteroatoms. The maximum atomic E-state index is 14.1. The van der Waals surface area contributed by atoms with Crippen molar-refractivity contribution in [1.82, 2.24) is 39.8 Å². The Morgan fingerprint density at radius 2 is 0.842 bits per heavy atom. The summed E-state index contributed by atoms with van der Waals surface area (Å²) in [5.74, 6) is 0.450. The summed E-state index contributed by atoms with van der Waals surface area (Å²) >= 11 is 2.85. The van der Waals surface area contributed by atoms with Gasteiger partial charge in [-0.15, -0.1) is 42.4 Å². The second kappa shape index (κ2) is 34.9. The van der Waals surface area contributed by atoms with Crippen LogP contribution < -0.4 is 15.1 Å². The molecule has 0 radical (unpaired) electrons. The van der Waals surface area contributed by atoms with Gasteiger partial charge in [-0.05, 0) is 202 Å². The van der Waals surface area contributed by atoms with Gasteiger partial charge in [0.05, 0.1) is 96.9 Å². The number of hydrogen-bond donors (Lipinski definition) is 2. The predicted molar refractivity (Wildman–Crippen MR) is 445 cm³/mol. The van der Waals surface area contributed by atoms with E-state index in [0.717, 1.165) is 99.2 Å². The van der Waals surface area contributed by atoms with Crippen molar-refractivity contribution in [3.05, 3.63) is 83.4 Å². The van der Waals surface area contributed by atoms with E-state index in [1.807, 2.05) is 46.8 Å². The molecule has 4 aromatic rings. The molecule has 4 aromatic heterocycles. The fourth-order valence-electron chi connectivity index (χ4n) is 21.0. The SMILES string of the molecule is C=CCO[C@H]1C[C@H]2CC[C@@H]1N(C(=O)OC(C)(C)C)[C@@H]2C(=O)N1CC2(C1)CN(c1c(C(F)(F)F)cnc3sc(CC)cc13)C2.C=CCO[C@H]1C[C@H]2CC[C@@H]1N(C(=O)OC(C)(C)C)[C@@H]2C(C)=O.C=CCO[C@H]1C[C@H]2CC[C@@H]1N(C(=O)OC(C)(C)C)[C@H]2C(=O)N1CC2(C1)CN(c1c(C(F)(F)F)cnc3sc(CC)cc13)C2.CC(=O)[C@H]1N[C@H]2CC[C@@H]1C[C@@H]2O. The number of halogens is 6. The molecule has 16 fully saturated rings. The van der Waals surface area contributed by atoms with E-state index in [1.54, 1.807) is 108 Å². The number of aliphatic hydroxyl groups excluding tert-OH is 1. The summed E-state index contributed by atoms with van der Waals surface area (Å²) in [6.45, 7) is 39.3. The molecule has 120 heavy (non-hydrogen) atoms. The third-order valence-corrected chi connectivity index (χ3v) is 28.2. The Hall–Kier alpha value is -7.49. The van der Waals surface area contributed by atoms with Crippen molar-refractivity contribution in [2.75, 3.05) is 82.0 Å². The molecular weight excluding hydrogens is 1600 g/mol. The van der Waals surface area contributed by atoms with Crippen LogP contribution in [0.2, 0.25) is 0 Å². The highest BCUT2D eigenvalue weighted by molar-refractivity contribution is 7.19. The molecule has 5 amide bonds. The fraction of sp³-hybridized carbons (Fsp3) is 0.693. The van der Waals surface area contributed by atoms with Crippen molar-refractivity contribution in [2.45, 2.75) is 282 Å². The first-order valence-electron chi connectivity index (χ1n) is 42.6. The number of carbonyl (C=O) groups excluding carboxylic acids is 7. The number of anilines is 2. The van der Waals surface area contributed by atoms with Gasteiger partial charge in [0.2, 0.25) is 11.8 Å². The van der Waals surface area contributed by atoms with Gasteiger partial charge in [-0.1, -0.05) is 32.1 Å². The lowest BCUT2D eigenvalue weighted by Gasteiger charge is -2.62. The number of nitrogens with zero attached hydrogens (tertiary/aromatic N) is 9. The summed E-state index contributed by atoms with van der Waals surface area (Å²) < 4.78 is 119. The topological polar surface area (TPSA) is 256 Å². The highest BCUT2D eigenvalue weighted by atomic mass is 32.1. The Kier molecular flexibility index (Phi) is 26.3. The van der Waals surface area contributed by atoms with Crippen LogP contribution >= 0.6 is 22.7 Å². The number of amides is 5. The third-order valence-electron chi connectivity index (χ3n) is 25.8. The van der Waals surface area contributed by atoms with Crippen molar-refractivity contribution in [2.24, 2.45) is 34.5 Å². The smallest absolute Gasteiger partial charge is 0.419 e. The monoisotopic (exact) mass is 1720 g/mol. The van der Waals surface area contributed by atoms with Crippen molar-refractivity contribution in [3.63, 3.8) is 0 Å². The normalized spacial score (nSPS) is 29.2. The summed E-state index contributed by atoms with van der Waals surface area (Å²) in [4.78, 5) is 114. The van der Waals surface area contributed by atoms with Crippen molar-refractivity contribution >= 4 is 96.1 Å². The van der Waals surface area contributed by atoms with Crippen LogP contribution in [0.1, 0.15) is 188 Å². The van der Waals surface area contributed by atoms with Gasteiger partial charge in [0.1, 0.15) is 44.3 Å². The second-order valence-corrected chi connectivity index (χ2v) is 40.5. The Morgan fingerprint density at radius 3 is 1.13 bits per heavy atom. The number of fused-ring (bicyclic) bond motifs is 14. The maximum absolute atomic E-state index is 14.1. The molecule has 12 saturated heterocycles. The zero-order valence-electron chi connectivity index (χ0n) is 71.4. The van der Waals surface area contributed by atoms with E-state index in [1.165, 1.54) is 22.7 Å². The molecule has 8 bridgehead atoms. The number of alkyl halides is 6. The predicted octanol–water partition coefficient (Wildman–Crippen LogP) is 14.8. The molecule has 16 aliphatic rings. The number of likely N-dealkylation sites (tertiary alicyclic amines) is 2. The van der Waals surface area contributed by atoms with E-state index < -0.39 is 70.6 Å². The Balaban J connectivity index is 0.000000151. The highest BCUT2D eigenvalue weighted by Crippen LogP contribution is 2.54. The van der Waals surface area contributed by atoms with Crippen molar-refractivity contribution in [3.8, 4) is 0 Å². The number of carbonyl (C=O) groups is 7. The van der Waals surface area contributed by atoms with E-state index in [4.69, 9.17) is 28.4 Å². The summed E-state index contributed by atoms with van der Waals surface area (Å²) in [5, 5.41) is 13.8. The van der Waals surface area contributed by atoms with Gasteiger partial charge in [-0.25, -0.2) is 24.4 Å². The molecule has 0 aromatic carbocycles. The number of aryl methyl sites for hydroxylation is 2. The first-order chi connectivity index (χ1) is 56.4. The number of rotatable bonds is 17. The van der Waals surface area contributed by atoms with E-state index in [0.29, 0.717) is 111 Å². The summed E-state index contributed by atoms with van der Waals surface area (Å²) in [6, 6.07) is 1.57. The standard InChI is InChI=1S/2C31H39F3N4O4S.C17H27NO4.C9H15NO2/c2*1-6-10-41-23-11-18-8-9-22(23)38(28(40)42-29(3,4)5)24(18)27(39)37-16-30(17-37)14-36(15-30)25-20-12-19(7-2)43-26(20)35-13-21(25)31(32,33)34;1-6-9-21-14-10-12-7-8-13(14)18(15(12)11(2)19)16(20)22-17(3,4)5;1-5(11)9-6-2-3-7(10-9)8(12)4-6/h2*6,12-13,18,22-24H,1,7-11,14-17H2,2-5H3;6,12-15H,1,7-10H2,2-5H3;6-10,12H,2-4H2,1H3/t18-,22+,23+,24+;18-,22+,23+,24-;12-,13+,14+,15-;6-,7+,8+,9-/m1111/s1. The summed E-state index contributed by atoms with van der Waals surface area (Å²) in [6.07, 6.45) is 7.34. The molecule has 0 unspecified atom stereocenters. The maximum Gasteiger partial charge on any atom is 0.419 e. The van der Waals surface area contributed by atoms with Gasteiger partial charge in [0.15, 0.2) is 5.78 Å². The number of aliphatic hydroxyl groups is 1. The lowest BCUT2D eigenvalue weighted by molar-refractivity contribution is -0.168. The number of piperidine rings is 8. The number of hydrogen-bond acceptors (Lipinski definition) is 21. The van der Waals surface area contributed by atoms with Crippen LogP contribution in [0.25, 0.3) is 20.4 Å². The van der Waals surface area contributed by atoms with Crippen LogP contribution in [0.3, 0.4) is 0 Å². The van der Waals surface area contributed by atoms with E-state index in [2.05, 4.69) is 35.0 Å². The van der Waals surface area contributed by atoms with Crippen LogP contribution in [-0.4, -0.2) is 243 Å². The van der Waals surface area contributed by atoms with Gasteiger partial charge in [-0.2, -0.15) is 26.3 Å². The lowest BCUT2D eigenvalue weighted by Crippen LogP contribution is -2.76. The Bertz CT molecular complexity index is 4270. The van der Waals surface area contributed by atoms with Crippen molar-refractivity contribution < 1.29 is 93.4 Å². The molecular formula is C88H120F6N10O14S2. The zero-order valence-corrected chi connectivity index (χ0v) is 73.1. The molecule has 660 valence electrons. The molecule has 16 heterocycles. The number of nitrogens with one attached hydrogen (secondary N) is 1. The van der Waals surface area contributed by atoms with Crippen LogP contribution in [0.15, 0.2) is 62.5 Å². The summed E-state index contributed by atoms with van der Waals surface area (Å²) in [7, 11) is 0. The number of ketones is 2. The number of Topliss-reactive ketones (excluding diaryl/α,β-unsaturated/α-hetero) is 2. The van der Waals surface area contributed by atoms with E-state index in [9.17, 15) is 65.0 Å². The van der Waals surface area contributed by atoms with Crippen LogP contribution in [0.4, 0.5) is 52.1 Å². The number of thiophene rings is 2. The van der Waals surface area contributed by atoms with Gasteiger partial charge < -0.3 is 58.4 Å². The molecule has 2 N–H and O–H groups in total. The minimum absolute atomic E-state index is 0.0205. The molecule has 4 saturated carbocycles. The average molecular weight is 1720 g/mol. The van der Waals surface area contributed by atoms with Gasteiger partial charge in [-0.3, -0.25) is 33.9 Å². The number of ether oxygens (including phenoxy) is 6. The van der Waals surface area contributed by atoms with E-state index >= 15 is 0 Å². The van der Waals surface area contributed by atoms with Crippen LogP contribution in [0, 0.1) is 34.5 Å². The van der Waals surface area contributed by atoms with E-state index in [-0.39, 0.29) is 124 Å². The molecule has 24 nitrogen and oxygen atoms in total. The Labute approximate surface area is 707 Å². The molecule has 20 rings (SSSR count). The third kappa shape index (κ3) is 18.8. The molecule has 2 spiro atoms. The van der Waals surface area contributed by atoms with Crippen LogP contribution in [0.5, 0.6) is 0 Å². The van der Waals surface area contributed by atoms with Crippen molar-refractivity contribution in [1.29, 1.82) is 0 Å². The average Bonchev–Trinajstić information content (AvgIpc) is 0.992. The quantitative estimate of drug-likeness (QED) is 0.0566. The molecule has 12 aliphatic heterocycles. The lowest BCUT2D eigenvalue weighted by atomic mass is 9.69. The minimum atomic E-state index is -4.52. The van der Waals surface area contributed by atoms with Gasteiger partial charge >= 0.3 is 30.6 Å². The summed E-state index contributed by atoms with van der Waals surface area (Å²) in [5.41, 5.74) is -3.61. The number of aromatic nitrogens is 2.